The normalized spacial score (nSPS) is 11.9. The molecule has 1 N–H and O–H groups in total. The maximum Gasteiger partial charge on any atom is 0.234 e. The summed E-state index contributed by atoms with van der Waals surface area (Å²) in [5.41, 5.74) is 1.64. The summed E-state index contributed by atoms with van der Waals surface area (Å²) in [6, 6.07) is 12.6. The Kier molecular flexibility index (Phi) is 7.05. The maximum atomic E-state index is 12.3. The van der Waals surface area contributed by atoms with Crippen molar-refractivity contribution in [2.75, 3.05) is 11.1 Å². The molecule has 0 fully saturated rings. The first-order chi connectivity index (χ1) is 13.8. The number of hydrogen-bond acceptors (Lipinski definition) is 5. The lowest BCUT2D eigenvalue weighted by Crippen LogP contribution is -2.15. The van der Waals surface area contributed by atoms with E-state index in [9.17, 15) is 4.79 Å². The van der Waals surface area contributed by atoms with Crippen LogP contribution in [0.3, 0.4) is 0 Å². The van der Waals surface area contributed by atoms with Gasteiger partial charge in [0.1, 0.15) is 5.75 Å². The Bertz CT molecular complexity index is 1030. The molecular formula is C20H20Cl2N4O2S. The van der Waals surface area contributed by atoms with Crippen LogP contribution in [0.2, 0.25) is 10.0 Å². The number of aromatic nitrogens is 3. The number of carbonyl (C=O) groups is 1. The number of benzene rings is 2. The van der Waals surface area contributed by atoms with Gasteiger partial charge in [-0.05, 0) is 43.7 Å². The van der Waals surface area contributed by atoms with Crippen LogP contribution < -0.4 is 10.1 Å². The van der Waals surface area contributed by atoms with Gasteiger partial charge in [-0.3, -0.25) is 4.79 Å². The van der Waals surface area contributed by atoms with E-state index in [2.05, 4.69) is 15.5 Å². The largest absolute Gasteiger partial charge is 0.481 e. The number of aryl methyl sites for hydroxylation is 1. The van der Waals surface area contributed by atoms with Crippen LogP contribution in [-0.4, -0.2) is 26.4 Å². The third-order valence-electron chi connectivity index (χ3n) is 4.18. The zero-order chi connectivity index (χ0) is 21.0. The van der Waals surface area contributed by atoms with Crippen molar-refractivity contribution in [2.45, 2.75) is 25.1 Å². The number of nitrogens with zero attached hydrogens (tertiary/aromatic N) is 3. The average Bonchev–Trinajstić information content (AvgIpc) is 3.05. The second-order valence-corrected chi connectivity index (χ2v) is 8.17. The molecule has 0 spiro atoms. The summed E-state index contributed by atoms with van der Waals surface area (Å²) >= 11 is 13.4. The highest BCUT2D eigenvalue weighted by Gasteiger charge is 2.19. The molecule has 2 aromatic carbocycles. The van der Waals surface area contributed by atoms with E-state index in [1.165, 1.54) is 11.8 Å². The van der Waals surface area contributed by atoms with Gasteiger partial charge in [-0.25, -0.2) is 0 Å². The predicted octanol–water partition coefficient (Wildman–Crippen LogP) is 5.30. The van der Waals surface area contributed by atoms with Gasteiger partial charge in [-0.1, -0.05) is 53.2 Å². The third-order valence-corrected chi connectivity index (χ3v) is 5.75. The van der Waals surface area contributed by atoms with E-state index >= 15 is 0 Å². The van der Waals surface area contributed by atoms with Crippen molar-refractivity contribution in [2.24, 2.45) is 7.05 Å². The number of nitrogens with one attached hydrogen (secondary N) is 1. The second-order valence-electron chi connectivity index (χ2n) is 6.39. The maximum absolute atomic E-state index is 12.3. The van der Waals surface area contributed by atoms with Crippen LogP contribution in [-0.2, 0) is 11.8 Å². The minimum atomic E-state index is -0.357. The molecule has 29 heavy (non-hydrogen) atoms. The Morgan fingerprint density at radius 2 is 2.00 bits per heavy atom. The fourth-order valence-electron chi connectivity index (χ4n) is 2.63. The van der Waals surface area contributed by atoms with Gasteiger partial charge >= 0.3 is 0 Å². The molecular weight excluding hydrogens is 431 g/mol. The number of ether oxygens (including phenoxy) is 1. The highest BCUT2D eigenvalue weighted by Crippen LogP contribution is 2.29. The van der Waals surface area contributed by atoms with Crippen LogP contribution >= 0.6 is 35.0 Å². The molecule has 0 radical (unpaired) electrons. The summed E-state index contributed by atoms with van der Waals surface area (Å²) in [7, 11) is 1.84. The van der Waals surface area contributed by atoms with E-state index in [4.69, 9.17) is 27.9 Å². The van der Waals surface area contributed by atoms with Crippen LogP contribution in [0.1, 0.15) is 24.4 Å². The average molecular weight is 451 g/mol. The summed E-state index contributed by atoms with van der Waals surface area (Å²) in [5, 5.41) is 13.0. The van der Waals surface area contributed by atoms with E-state index in [0.29, 0.717) is 32.5 Å². The van der Waals surface area contributed by atoms with Gasteiger partial charge in [-0.2, -0.15) is 0 Å². The molecule has 0 saturated carbocycles. The lowest BCUT2D eigenvalue weighted by molar-refractivity contribution is -0.113. The Hall–Kier alpha value is -2.22. The summed E-state index contributed by atoms with van der Waals surface area (Å²) in [6.07, 6.45) is -0.357. The molecule has 0 saturated heterocycles. The van der Waals surface area contributed by atoms with E-state index in [-0.39, 0.29) is 17.8 Å². The van der Waals surface area contributed by atoms with Crippen molar-refractivity contribution in [1.29, 1.82) is 0 Å². The SMILES string of the molecule is Cc1ccc(Cl)cc1NC(=O)CSc1nnc([C@@H](C)Oc2ccccc2Cl)n1C. The Labute approximate surface area is 183 Å². The van der Waals surface area contributed by atoms with E-state index in [0.717, 1.165) is 5.56 Å². The fourth-order valence-corrected chi connectivity index (χ4v) is 3.71. The monoisotopic (exact) mass is 450 g/mol. The molecule has 6 nitrogen and oxygen atoms in total. The standard InChI is InChI=1S/C20H20Cl2N4O2S/c1-12-8-9-14(21)10-16(12)23-18(27)11-29-20-25-24-19(26(20)3)13(2)28-17-7-5-4-6-15(17)22/h4-10,13H,11H2,1-3H3,(H,23,27)/t13-/m1/s1. The number of amides is 1. The first kappa shape index (κ1) is 21.5. The molecule has 0 aliphatic rings. The lowest BCUT2D eigenvalue weighted by atomic mass is 10.2. The third kappa shape index (κ3) is 5.44. The van der Waals surface area contributed by atoms with Crippen molar-refractivity contribution < 1.29 is 9.53 Å². The van der Waals surface area contributed by atoms with Crippen molar-refractivity contribution in [1.82, 2.24) is 14.8 Å². The molecule has 0 unspecified atom stereocenters. The van der Waals surface area contributed by atoms with E-state index in [1.807, 2.05) is 43.7 Å². The van der Waals surface area contributed by atoms with Gasteiger partial charge in [0, 0.05) is 17.8 Å². The van der Waals surface area contributed by atoms with Crippen LogP contribution in [0.15, 0.2) is 47.6 Å². The van der Waals surface area contributed by atoms with Crippen LogP contribution in [0.25, 0.3) is 0 Å². The number of thioether (sulfide) groups is 1. The number of hydrogen-bond donors (Lipinski definition) is 1. The zero-order valence-corrected chi connectivity index (χ0v) is 18.5. The quantitative estimate of drug-likeness (QED) is 0.494. The van der Waals surface area contributed by atoms with Gasteiger partial charge in [0.2, 0.25) is 5.91 Å². The van der Waals surface area contributed by atoms with Crippen LogP contribution in [0.4, 0.5) is 5.69 Å². The van der Waals surface area contributed by atoms with Gasteiger partial charge in [0.15, 0.2) is 17.1 Å². The molecule has 152 valence electrons. The van der Waals surface area contributed by atoms with Crippen LogP contribution in [0.5, 0.6) is 5.75 Å². The topological polar surface area (TPSA) is 69.0 Å². The second kappa shape index (κ2) is 9.52. The molecule has 3 rings (SSSR count). The van der Waals surface area contributed by atoms with Gasteiger partial charge < -0.3 is 14.6 Å². The highest BCUT2D eigenvalue weighted by molar-refractivity contribution is 7.99. The molecule has 3 aromatic rings. The Morgan fingerprint density at radius 3 is 2.76 bits per heavy atom. The number of halogens is 2. The minimum absolute atomic E-state index is 0.148. The van der Waals surface area contributed by atoms with Gasteiger partial charge in [0.25, 0.3) is 0 Å². The summed E-state index contributed by atoms with van der Waals surface area (Å²) in [5.74, 6) is 1.26. The summed E-state index contributed by atoms with van der Waals surface area (Å²) < 4.78 is 7.71. The molecule has 0 aliphatic heterocycles. The van der Waals surface area contributed by atoms with Crippen molar-refractivity contribution in [3.63, 3.8) is 0 Å². The van der Waals surface area contributed by atoms with Gasteiger partial charge in [0.05, 0.1) is 10.8 Å². The first-order valence-corrected chi connectivity index (χ1v) is 10.6. The highest BCUT2D eigenvalue weighted by atomic mass is 35.5. The van der Waals surface area contributed by atoms with E-state index < -0.39 is 0 Å². The molecule has 1 atom stereocenters. The smallest absolute Gasteiger partial charge is 0.234 e. The molecule has 9 heteroatoms. The van der Waals surface area contributed by atoms with Crippen LogP contribution in [0, 0.1) is 6.92 Å². The number of rotatable bonds is 7. The number of carbonyl (C=O) groups excluding carboxylic acids is 1. The summed E-state index contributed by atoms with van der Waals surface area (Å²) in [4.78, 5) is 12.3. The Morgan fingerprint density at radius 1 is 1.24 bits per heavy atom. The number of anilines is 1. The predicted molar refractivity (Wildman–Crippen MR) is 117 cm³/mol. The van der Waals surface area contributed by atoms with Crippen molar-refractivity contribution in [3.8, 4) is 5.75 Å². The first-order valence-electron chi connectivity index (χ1n) is 8.84. The minimum Gasteiger partial charge on any atom is -0.481 e. The molecule has 1 heterocycles. The molecule has 0 bridgehead atoms. The number of para-hydroxylation sites is 1. The molecule has 0 aliphatic carbocycles. The van der Waals surface area contributed by atoms with Crippen molar-refractivity contribution in [3.05, 3.63) is 63.9 Å². The Balaban J connectivity index is 1.61. The van der Waals surface area contributed by atoms with Crippen molar-refractivity contribution >= 4 is 46.6 Å². The molecule has 1 aromatic heterocycles. The van der Waals surface area contributed by atoms with E-state index in [1.54, 1.807) is 24.3 Å². The zero-order valence-electron chi connectivity index (χ0n) is 16.1. The summed E-state index contributed by atoms with van der Waals surface area (Å²) in [6.45, 7) is 3.78. The fraction of sp³-hybridized carbons (Fsp3) is 0.250. The lowest BCUT2D eigenvalue weighted by Gasteiger charge is -2.15. The molecule has 1 amide bonds. The van der Waals surface area contributed by atoms with Gasteiger partial charge in [-0.15, -0.1) is 10.2 Å².